The molecule has 1 heterocycles. The quantitative estimate of drug-likeness (QED) is 0.727. The summed E-state index contributed by atoms with van der Waals surface area (Å²) in [4.78, 5) is 13.2. The van der Waals surface area contributed by atoms with Crippen LogP contribution in [0.2, 0.25) is 0 Å². The smallest absolute Gasteiger partial charge is 0.309 e. The Balaban J connectivity index is 2.05. The van der Waals surface area contributed by atoms with Crippen LogP contribution in [0.5, 0.6) is 0 Å². The second-order valence-electron chi connectivity index (χ2n) is 5.18. The average Bonchev–Trinajstić information content (AvgIpc) is 2.39. The van der Waals surface area contributed by atoms with Gasteiger partial charge < -0.3 is 15.9 Å². The van der Waals surface area contributed by atoms with Crippen LogP contribution in [0.4, 0.5) is 0 Å². The van der Waals surface area contributed by atoms with E-state index in [9.17, 15) is 9.90 Å². The number of hydrogen-bond donors (Lipinski definition) is 3. The normalized spacial score (nSPS) is 28.2. The minimum atomic E-state index is -1.33. The van der Waals surface area contributed by atoms with Crippen molar-refractivity contribution in [1.29, 1.82) is 0 Å². The van der Waals surface area contributed by atoms with Crippen molar-refractivity contribution in [2.45, 2.75) is 18.6 Å². The SMILES string of the molecule is NC[C@@]1(O)CN(Cc2ccccc2)CC[C@H]1C(=O)O. The second-order valence-corrected chi connectivity index (χ2v) is 5.18. The number of likely N-dealkylation sites (tertiary alicyclic amines) is 1. The lowest BCUT2D eigenvalue weighted by Crippen LogP contribution is -2.59. The summed E-state index contributed by atoms with van der Waals surface area (Å²) < 4.78 is 0. The van der Waals surface area contributed by atoms with Crippen LogP contribution in [0.25, 0.3) is 0 Å². The fourth-order valence-electron chi connectivity index (χ4n) is 2.69. The lowest BCUT2D eigenvalue weighted by molar-refractivity contribution is -0.158. The van der Waals surface area contributed by atoms with Gasteiger partial charge in [0.25, 0.3) is 0 Å². The summed E-state index contributed by atoms with van der Waals surface area (Å²) in [6.45, 7) is 1.63. The molecule has 0 bridgehead atoms. The standard InChI is InChI=1S/C14H20N2O3/c15-9-14(19)10-16(7-6-12(14)13(17)18)8-11-4-2-1-3-5-11/h1-5,12,19H,6-10,15H2,(H,17,18)/t12-,14+/m0/s1. The van der Waals surface area contributed by atoms with Gasteiger partial charge in [-0.15, -0.1) is 0 Å². The van der Waals surface area contributed by atoms with Gasteiger partial charge in [0.05, 0.1) is 5.92 Å². The Labute approximate surface area is 112 Å². The van der Waals surface area contributed by atoms with E-state index < -0.39 is 17.5 Å². The maximum atomic E-state index is 11.2. The molecule has 2 rings (SSSR count). The van der Waals surface area contributed by atoms with E-state index in [0.29, 0.717) is 26.1 Å². The molecule has 0 radical (unpaired) electrons. The molecule has 1 fully saturated rings. The first-order chi connectivity index (χ1) is 9.05. The van der Waals surface area contributed by atoms with Crippen molar-refractivity contribution in [3.63, 3.8) is 0 Å². The zero-order valence-corrected chi connectivity index (χ0v) is 10.8. The highest BCUT2D eigenvalue weighted by Gasteiger charge is 2.44. The molecule has 1 aromatic carbocycles. The maximum Gasteiger partial charge on any atom is 0.309 e. The van der Waals surface area contributed by atoms with E-state index in [1.807, 2.05) is 30.3 Å². The van der Waals surface area contributed by atoms with E-state index >= 15 is 0 Å². The summed E-state index contributed by atoms with van der Waals surface area (Å²) in [5.74, 6) is -1.74. The summed E-state index contributed by atoms with van der Waals surface area (Å²) in [6.07, 6.45) is 0.426. The number of hydrogen-bond acceptors (Lipinski definition) is 4. The number of benzene rings is 1. The molecule has 0 aliphatic carbocycles. The number of nitrogens with two attached hydrogens (primary N) is 1. The second kappa shape index (κ2) is 5.69. The molecule has 1 saturated heterocycles. The van der Waals surface area contributed by atoms with Crippen molar-refractivity contribution in [3.8, 4) is 0 Å². The van der Waals surface area contributed by atoms with Crippen LogP contribution in [0.3, 0.4) is 0 Å². The summed E-state index contributed by atoms with van der Waals surface area (Å²) in [5, 5.41) is 19.6. The van der Waals surface area contributed by atoms with Gasteiger partial charge in [-0.3, -0.25) is 9.69 Å². The molecule has 0 aromatic heterocycles. The molecule has 0 saturated carbocycles. The van der Waals surface area contributed by atoms with Gasteiger partial charge in [0.15, 0.2) is 0 Å². The number of aliphatic carboxylic acids is 1. The topological polar surface area (TPSA) is 86.8 Å². The molecule has 5 nitrogen and oxygen atoms in total. The van der Waals surface area contributed by atoms with E-state index in [1.54, 1.807) is 0 Å². The molecular formula is C14H20N2O3. The largest absolute Gasteiger partial charge is 0.481 e. The Morgan fingerprint density at radius 3 is 2.68 bits per heavy atom. The number of aliphatic hydroxyl groups is 1. The van der Waals surface area contributed by atoms with Crippen molar-refractivity contribution in [2.24, 2.45) is 11.7 Å². The molecule has 1 aliphatic rings. The molecule has 1 aliphatic heterocycles. The third-order valence-corrected chi connectivity index (χ3v) is 3.78. The molecule has 0 spiro atoms. The number of carboxylic acids is 1. The van der Waals surface area contributed by atoms with Gasteiger partial charge in [0.1, 0.15) is 5.60 Å². The lowest BCUT2D eigenvalue weighted by Gasteiger charge is -2.42. The third-order valence-electron chi connectivity index (χ3n) is 3.78. The summed E-state index contributed by atoms with van der Waals surface area (Å²) in [6, 6.07) is 9.93. The highest BCUT2D eigenvalue weighted by Crippen LogP contribution is 2.28. The first-order valence-electron chi connectivity index (χ1n) is 6.47. The zero-order chi connectivity index (χ0) is 13.9. The molecule has 19 heavy (non-hydrogen) atoms. The van der Waals surface area contributed by atoms with Gasteiger partial charge in [-0.05, 0) is 18.5 Å². The molecule has 2 atom stereocenters. The fourth-order valence-corrected chi connectivity index (χ4v) is 2.69. The molecule has 104 valence electrons. The first-order valence-corrected chi connectivity index (χ1v) is 6.47. The molecular weight excluding hydrogens is 244 g/mol. The predicted molar refractivity (Wildman–Crippen MR) is 71.5 cm³/mol. The van der Waals surface area contributed by atoms with Gasteiger partial charge in [0, 0.05) is 19.6 Å². The molecule has 0 amide bonds. The monoisotopic (exact) mass is 264 g/mol. The number of carboxylic acid groups (broad SMARTS) is 1. The number of piperidine rings is 1. The summed E-state index contributed by atoms with van der Waals surface area (Å²) >= 11 is 0. The fraction of sp³-hybridized carbons (Fsp3) is 0.500. The summed E-state index contributed by atoms with van der Waals surface area (Å²) in [7, 11) is 0. The van der Waals surface area contributed by atoms with Crippen molar-refractivity contribution < 1.29 is 15.0 Å². The van der Waals surface area contributed by atoms with E-state index in [1.165, 1.54) is 0 Å². The number of carbonyl (C=O) groups is 1. The van der Waals surface area contributed by atoms with Crippen LogP contribution < -0.4 is 5.73 Å². The predicted octanol–water partition coefficient (Wildman–Crippen LogP) is 0.283. The maximum absolute atomic E-state index is 11.2. The lowest BCUT2D eigenvalue weighted by atomic mass is 9.81. The third kappa shape index (κ3) is 3.12. The van der Waals surface area contributed by atoms with Crippen molar-refractivity contribution in [3.05, 3.63) is 35.9 Å². The van der Waals surface area contributed by atoms with E-state index in [0.717, 1.165) is 5.56 Å². The van der Waals surface area contributed by atoms with Gasteiger partial charge in [-0.1, -0.05) is 30.3 Å². The van der Waals surface area contributed by atoms with Gasteiger partial charge in [-0.2, -0.15) is 0 Å². The van der Waals surface area contributed by atoms with Crippen molar-refractivity contribution in [1.82, 2.24) is 4.90 Å². The van der Waals surface area contributed by atoms with Gasteiger partial charge in [0.2, 0.25) is 0 Å². The minimum Gasteiger partial charge on any atom is -0.481 e. The van der Waals surface area contributed by atoms with E-state index in [-0.39, 0.29) is 6.54 Å². The van der Waals surface area contributed by atoms with Crippen LogP contribution in [-0.2, 0) is 11.3 Å². The van der Waals surface area contributed by atoms with Crippen LogP contribution >= 0.6 is 0 Å². The van der Waals surface area contributed by atoms with Crippen molar-refractivity contribution in [2.75, 3.05) is 19.6 Å². The Morgan fingerprint density at radius 2 is 2.11 bits per heavy atom. The highest BCUT2D eigenvalue weighted by atomic mass is 16.4. The Morgan fingerprint density at radius 1 is 1.42 bits per heavy atom. The summed E-state index contributed by atoms with van der Waals surface area (Å²) in [5.41, 5.74) is 5.40. The Hall–Kier alpha value is -1.43. The van der Waals surface area contributed by atoms with Crippen LogP contribution in [0.15, 0.2) is 30.3 Å². The van der Waals surface area contributed by atoms with Crippen LogP contribution in [0, 0.1) is 5.92 Å². The molecule has 5 heteroatoms. The highest BCUT2D eigenvalue weighted by molar-refractivity contribution is 5.71. The van der Waals surface area contributed by atoms with E-state index in [2.05, 4.69) is 4.90 Å². The molecule has 4 N–H and O–H groups in total. The molecule has 1 aromatic rings. The average molecular weight is 264 g/mol. The Kier molecular flexibility index (Phi) is 4.19. The number of nitrogens with zero attached hydrogens (tertiary/aromatic N) is 1. The van der Waals surface area contributed by atoms with E-state index in [4.69, 9.17) is 10.8 Å². The number of rotatable bonds is 4. The van der Waals surface area contributed by atoms with Gasteiger partial charge in [-0.25, -0.2) is 0 Å². The van der Waals surface area contributed by atoms with Crippen molar-refractivity contribution >= 4 is 5.97 Å². The minimum absolute atomic E-state index is 0.0325. The number of β-amino-alcohol motifs (C(OH)–C–C–N with tert-alkyl or cyclic N) is 1. The Bertz CT molecular complexity index is 438. The van der Waals surface area contributed by atoms with Crippen LogP contribution in [0.1, 0.15) is 12.0 Å². The van der Waals surface area contributed by atoms with Gasteiger partial charge >= 0.3 is 5.97 Å². The molecule has 0 unspecified atom stereocenters. The first kappa shape index (κ1) is 14.0. The van der Waals surface area contributed by atoms with Crippen LogP contribution in [-0.4, -0.2) is 46.3 Å². The zero-order valence-electron chi connectivity index (χ0n) is 10.8.